The number of rotatable bonds is 5. The zero-order valence-electron chi connectivity index (χ0n) is 16.4. The molecule has 9 heteroatoms. The third-order valence-electron chi connectivity index (χ3n) is 4.78. The highest BCUT2D eigenvalue weighted by atomic mass is 19.4. The largest absolute Gasteiger partial charge is 0.573 e. The van der Waals surface area contributed by atoms with Crippen LogP contribution < -0.4 is 10.1 Å². The van der Waals surface area contributed by atoms with Gasteiger partial charge in [-0.25, -0.2) is 4.39 Å². The number of hydrogen-bond donors (Lipinski definition) is 1. The molecule has 1 aliphatic heterocycles. The van der Waals surface area contributed by atoms with Gasteiger partial charge in [0.15, 0.2) is 0 Å². The van der Waals surface area contributed by atoms with E-state index in [9.17, 15) is 27.2 Å². The number of carbonyl (C=O) groups is 2. The molecule has 1 N–H and O–H groups in total. The smallest absolute Gasteiger partial charge is 0.406 e. The molecule has 2 amide bonds. The number of likely N-dealkylation sites (tertiary alicyclic amines) is 1. The molecule has 164 valence electrons. The Morgan fingerprint density at radius 2 is 1.61 bits per heavy atom. The Morgan fingerprint density at radius 3 is 2.19 bits per heavy atom. The van der Waals surface area contributed by atoms with Gasteiger partial charge >= 0.3 is 6.36 Å². The van der Waals surface area contributed by atoms with Crippen molar-refractivity contribution in [1.29, 1.82) is 0 Å². The van der Waals surface area contributed by atoms with Gasteiger partial charge in [-0.2, -0.15) is 0 Å². The fourth-order valence-corrected chi connectivity index (χ4v) is 3.17. The first-order valence-corrected chi connectivity index (χ1v) is 9.59. The Kier molecular flexibility index (Phi) is 6.94. The number of nitrogens with zero attached hydrogens (tertiary/aromatic N) is 1. The van der Waals surface area contributed by atoms with Crippen LogP contribution in [-0.4, -0.2) is 42.2 Å². The summed E-state index contributed by atoms with van der Waals surface area (Å²) in [5.74, 6) is -1.26. The standard InChI is InChI=1S/C22H20F4N2O3/c23-17-6-4-16(5-7-17)21(30)27-18-11-13-28(14-12-18)20(29)10-3-15-1-8-19(9-2-15)31-22(24,25)26/h1-10,18H,11-14H2,(H,27,30)/b10-3+. The number of alkyl halides is 3. The van der Waals surface area contributed by atoms with Gasteiger partial charge in [-0.05, 0) is 60.9 Å². The molecular weight excluding hydrogens is 416 g/mol. The summed E-state index contributed by atoms with van der Waals surface area (Å²) in [5.41, 5.74) is 0.929. The summed E-state index contributed by atoms with van der Waals surface area (Å²) >= 11 is 0. The van der Waals surface area contributed by atoms with Gasteiger partial charge in [-0.3, -0.25) is 9.59 Å². The maximum atomic E-state index is 13.0. The van der Waals surface area contributed by atoms with Crippen molar-refractivity contribution in [2.45, 2.75) is 25.2 Å². The van der Waals surface area contributed by atoms with Crippen molar-refractivity contribution >= 4 is 17.9 Å². The number of carbonyl (C=O) groups excluding carboxylic acids is 2. The van der Waals surface area contributed by atoms with E-state index in [1.807, 2.05) is 0 Å². The number of ether oxygens (including phenoxy) is 1. The molecule has 1 saturated heterocycles. The van der Waals surface area contributed by atoms with Gasteiger partial charge in [0.2, 0.25) is 5.91 Å². The van der Waals surface area contributed by atoms with Gasteiger partial charge in [0.05, 0.1) is 0 Å². The van der Waals surface area contributed by atoms with E-state index < -0.39 is 12.2 Å². The Labute approximate surface area is 176 Å². The zero-order valence-corrected chi connectivity index (χ0v) is 16.4. The summed E-state index contributed by atoms with van der Waals surface area (Å²) in [4.78, 5) is 26.2. The van der Waals surface area contributed by atoms with Crippen LogP contribution in [0.25, 0.3) is 6.08 Å². The summed E-state index contributed by atoms with van der Waals surface area (Å²) in [5, 5.41) is 2.88. The lowest BCUT2D eigenvalue weighted by molar-refractivity contribution is -0.274. The zero-order chi connectivity index (χ0) is 22.4. The van der Waals surface area contributed by atoms with Crippen LogP contribution in [0.4, 0.5) is 17.6 Å². The number of hydrogen-bond acceptors (Lipinski definition) is 3. The van der Waals surface area contributed by atoms with Gasteiger partial charge in [-0.1, -0.05) is 12.1 Å². The molecule has 0 unspecified atom stereocenters. The first kappa shape index (κ1) is 22.3. The molecule has 1 aliphatic rings. The third kappa shape index (κ3) is 6.84. The van der Waals surface area contributed by atoms with Crippen LogP contribution in [0.5, 0.6) is 5.75 Å². The summed E-state index contributed by atoms with van der Waals surface area (Å²) in [6, 6.07) is 10.4. The van der Waals surface area contributed by atoms with Gasteiger partial charge in [-0.15, -0.1) is 13.2 Å². The predicted molar refractivity (Wildman–Crippen MR) is 106 cm³/mol. The van der Waals surface area contributed by atoms with E-state index >= 15 is 0 Å². The van der Waals surface area contributed by atoms with Crippen LogP contribution in [0, 0.1) is 5.82 Å². The molecule has 5 nitrogen and oxygen atoms in total. The first-order chi connectivity index (χ1) is 14.7. The highest BCUT2D eigenvalue weighted by Gasteiger charge is 2.31. The topological polar surface area (TPSA) is 58.6 Å². The minimum Gasteiger partial charge on any atom is -0.406 e. The lowest BCUT2D eigenvalue weighted by Gasteiger charge is -2.31. The molecule has 2 aromatic carbocycles. The molecule has 31 heavy (non-hydrogen) atoms. The average Bonchev–Trinajstić information content (AvgIpc) is 2.73. The van der Waals surface area contributed by atoms with Crippen molar-refractivity contribution in [3.8, 4) is 5.75 Å². The summed E-state index contributed by atoms with van der Waals surface area (Å²) in [7, 11) is 0. The molecular formula is C22H20F4N2O3. The van der Waals surface area contributed by atoms with Crippen molar-refractivity contribution in [2.24, 2.45) is 0 Å². The third-order valence-corrected chi connectivity index (χ3v) is 4.78. The Bertz CT molecular complexity index is 933. The lowest BCUT2D eigenvalue weighted by Crippen LogP contribution is -2.46. The maximum Gasteiger partial charge on any atom is 0.573 e. The fraction of sp³-hybridized carbons (Fsp3) is 0.273. The van der Waals surface area contributed by atoms with E-state index in [2.05, 4.69) is 10.1 Å². The van der Waals surface area contributed by atoms with Crippen LogP contribution in [0.2, 0.25) is 0 Å². The second kappa shape index (κ2) is 9.63. The van der Waals surface area contributed by atoms with Crippen molar-refractivity contribution in [1.82, 2.24) is 10.2 Å². The normalized spacial score (nSPS) is 15.2. The Morgan fingerprint density at radius 1 is 1.00 bits per heavy atom. The molecule has 1 fully saturated rings. The SMILES string of the molecule is O=C(NC1CCN(C(=O)/C=C/c2ccc(OC(F)(F)F)cc2)CC1)c1ccc(F)cc1. The van der Waals surface area contributed by atoms with Crippen molar-refractivity contribution in [3.63, 3.8) is 0 Å². The number of amides is 2. The van der Waals surface area contributed by atoms with Crippen LogP contribution >= 0.6 is 0 Å². The van der Waals surface area contributed by atoms with Gasteiger partial charge in [0.25, 0.3) is 5.91 Å². The Hall–Kier alpha value is -3.36. The second-order valence-corrected chi connectivity index (χ2v) is 7.03. The van der Waals surface area contributed by atoms with Crippen LogP contribution in [-0.2, 0) is 4.79 Å². The van der Waals surface area contributed by atoms with Crippen molar-refractivity contribution in [2.75, 3.05) is 13.1 Å². The van der Waals surface area contributed by atoms with Crippen LogP contribution in [0.3, 0.4) is 0 Å². The number of nitrogens with one attached hydrogen (secondary N) is 1. The monoisotopic (exact) mass is 436 g/mol. The van der Waals surface area contributed by atoms with E-state index in [0.29, 0.717) is 37.1 Å². The van der Waals surface area contributed by atoms with Gasteiger partial charge in [0.1, 0.15) is 11.6 Å². The second-order valence-electron chi connectivity index (χ2n) is 7.03. The lowest BCUT2D eigenvalue weighted by atomic mass is 10.0. The summed E-state index contributed by atoms with van der Waals surface area (Å²) in [6.07, 6.45) is -0.719. The van der Waals surface area contributed by atoms with E-state index in [4.69, 9.17) is 0 Å². The number of piperidine rings is 1. The minimum atomic E-state index is -4.75. The molecule has 0 bridgehead atoms. The minimum absolute atomic E-state index is 0.0910. The fourth-order valence-electron chi connectivity index (χ4n) is 3.17. The number of benzene rings is 2. The molecule has 0 aromatic heterocycles. The van der Waals surface area contributed by atoms with E-state index in [0.717, 1.165) is 0 Å². The average molecular weight is 436 g/mol. The molecule has 0 radical (unpaired) electrons. The molecule has 3 rings (SSSR count). The van der Waals surface area contributed by atoms with Crippen molar-refractivity contribution < 1.29 is 31.9 Å². The maximum absolute atomic E-state index is 13.0. The quantitative estimate of drug-likeness (QED) is 0.566. The number of halogens is 4. The highest BCUT2D eigenvalue weighted by Crippen LogP contribution is 2.23. The molecule has 1 heterocycles. The predicted octanol–water partition coefficient (Wildman–Crippen LogP) is 4.16. The van der Waals surface area contributed by atoms with Gasteiger partial charge in [0, 0.05) is 30.8 Å². The van der Waals surface area contributed by atoms with Crippen molar-refractivity contribution in [3.05, 3.63) is 71.6 Å². The molecule has 0 atom stereocenters. The molecule has 0 saturated carbocycles. The van der Waals surface area contributed by atoms with E-state index in [1.165, 1.54) is 60.7 Å². The van der Waals surface area contributed by atoms with Crippen LogP contribution in [0.1, 0.15) is 28.8 Å². The molecule has 0 aliphatic carbocycles. The van der Waals surface area contributed by atoms with E-state index in [-0.39, 0.29) is 23.6 Å². The summed E-state index contributed by atoms with van der Waals surface area (Å²) in [6.45, 7) is 0.909. The highest BCUT2D eigenvalue weighted by molar-refractivity contribution is 5.94. The first-order valence-electron chi connectivity index (χ1n) is 9.59. The van der Waals surface area contributed by atoms with Crippen LogP contribution in [0.15, 0.2) is 54.6 Å². The van der Waals surface area contributed by atoms with Gasteiger partial charge < -0.3 is 15.0 Å². The molecule has 0 spiro atoms. The summed E-state index contributed by atoms with van der Waals surface area (Å²) < 4.78 is 53.3. The van der Waals surface area contributed by atoms with E-state index in [1.54, 1.807) is 4.90 Å². The molecule has 2 aromatic rings. The Balaban J connectivity index is 1.46.